The summed E-state index contributed by atoms with van der Waals surface area (Å²) in [6.45, 7) is 3.56. The first-order chi connectivity index (χ1) is 12.5. The second kappa shape index (κ2) is 7.85. The summed E-state index contributed by atoms with van der Waals surface area (Å²) < 4.78 is 31.6. The largest absolute Gasteiger partial charge is 0.394 e. The lowest BCUT2D eigenvalue weighted by atomic mass is 10.5. The molecule has 0 saturated heterocycles. The van der Waals surface area contributed by atoms with Crippen LogP contribution in [0.3, 0.4) is 0 Å². The van der Waals surface area contributed by atoms with Crippen molar-refractivity contribution < 1.29 is 17.5 Å². The Hall–Kier alpha value is -3.43. The first kappa shape index (κ1) is 19.9. The number of imidazole rings is 2. The maximum Gasteiger partial charge on any atom is 0.394 e. The van der Waals surface area contributed by atoms with E-state index in [1.165, 1.54) is 0 Å². The van der Waals surface area contributed by atoms with E-state index in [2.05, 4.69) is 39.9 Å². The van der Waals surface area contributed by atoms with Crippen LogP contribution in [-0.4, -0.2) is 57.4 Å². The van der Waals surface area contributed by atoms with Crippen molar-refractivity contribution in [2.45, 2.75) is 13.8 Å². The molecule has 144 valence electrons. The number of nitrogens with two attached hydrogens (primary N) is 2. The number of rotatable bonds is 0. The predicted molar refractivity (Wildman–Crippen MR) is 95.8 cm³/mol. The molecule has 4 heterocycles. The summed E-state index contributed by atoms with van der Waals surface area (Å²) in [7, 11) is -4.67. The first-order valence-electron chi connectivity index (χ1n) is 7.11. The number of nitrogens with one attached hydrogen (secondary N) is 2. The number of aromatic amines is 2. The quantitative estimate of drug-likeness (QED) is 0.212. The number of nitrogen functional groups attached to an aromatic ring is 2. The molecule has 0 bridgehead atoms. The predicted octanol–water partition coefficient (Wildman–Crippen LogP) is -0.166. The number of nitrogens with zero attached hydrogens (tertiary/aromatic N) is 6. The molecule has 14 nitrogen and oxygen atoms in total. The van der Waals surface area contributed by atoms with Gasteiger partial charge in [0.2, 0.25) is 0 Å². The molecule has 0 aliphatic carbocycles. The lowest BCUT2D eigenvalue weighted by Crippen LogP contribution is -1.96. The Bertz CT molecular complexity index is 1080. The van der Waals surface area contributed by atoms with Crippen LogP contribution in [0.5, 0.6) is 0 Å². The second-order valence-electron chi connectivity index (χ2n) is 4.96. The van der Waals surface area contributed by atoms with E-state index >= 15 is 0 Å². The van der Waals surface area contributed by atoms with Gasteiger partial charge in [-0.15, -0.1) is 0 Å². The van der Waals surface area contributed by atoms with Crippen molar-refractivity contribution in [3.63, 3.8) is 0 Å². The maximum absolute atomic E-state index is 8.74. The fourth-order valence-electron chi connectivity index (χ4n) is 1.94. The van der Waals surface area contributed by atoms with Gasteiger partial charge in [0, 0.05) is 0 Å². The molecule has 0 unspecified atom stereocenters. The van der Waals surface area contributed by atoms with E-state index in [9.17, 15) is 0 Å². The molecular weight excluding hydrogens is 380 g/mol. The molecule has 0 fully saturated rings. The van der Waals surface area contributed by atoms with Gasteiger partial charge in [0.25, 0.3) is 0 Å². The van der Waals surface area contributed by atoms with Crippen molar-refractivity contribution in [2.75, 3.05) is 11.5 Å². The molecule has 4 aromatic rings. The summed E-state index contributed by atoms with van der Waals surface area (Å²) in [6, 6.07) is 0. The Labute approximate surface area is 152 Å². The van der Waals surface area contributed by atoms with Gasteiger partial charge in [0.15, 0.2) is 22.9 Å². The van der Waals surface area contributed by atoms with Crippen LogP contribution in [0.25, 0.3) is 22.3 Å². The highest BCUT2D eigenvalue weighted by Crippen LogP contribution is 2.12. The smallest absolute Gasteiger partial charge is 0.382 e. The lowest BCUT2D eigenvalue weighted by molar-refractivity contribution is 0.381. The van der Waals surface area contributed by atoms with Crippen LogP contribution in [0.2, 0.25) is 0 Å². The minimum Gasteiger partial charge on any atom is -0.382 e. The van der Waals surface area contributed by atoms with Crippen molar-refractivity contribution in [1.82, 2.24) is 39.9 Å². The average Bonchev–Trinajstić information content (AvgIpc) is 3.14. The molecule has 15 heteroatoms. The van der Waals surface area contributed by atoms with Crippen LogP contribution in [0, 0.1) is 13.8 Å². The second-order valence-corrected chi connectivity index (χ2v) is 5.86. The van der Waals surface area contributed by atoms with E-state index in [1.54, 1.807) is 26.5 Å². The highest BCUT2D eigenvalue weighted by atomic mass is 32.3. The molecule has 27 heavy (non-hydrogen) atoms. The molecular formula is C12H16N10O4S. The van der Waals surface area contributed by atoms with Crippen LogP contribution in [0.15, 0.2) is 12.7 Å². The summed E-state index contributed by atoms with van der Waals surface area (Å²) in [5.74, 6) is 2.18. The number of anilines is 2. The van der Waals surface area contributed by atoms with Crippen molar-refractivity contribution in [3.8, 4) is 0 Å². The maximum atomic E-state index is 8.74. The molecule has 0 aromatic carbocycles. The van der Waals surface area contributed by atoms with Crippen LogP contribution < -0.4 is 11.5 Å². The molecule has 0 saturated carbocycles. The lowest BCUT2D eigenvalue weighted by Gasteiger charge is -1.94. The molecule has 0 aliphatic rings. The zero-order valence-corrected chi connectivity index (χ0v) is 14.9. The van der Waals surface area contributed by atoms with Gasteiger partial charge in [0.05, 0.1) is 12.7 Å². The Kier molecular flexibility index (Phi) is 5.78. The third kappa shape index (κ3) is 5.80. The van der Waals surface area contributed by atoms with E-state index in [-0.39, 0.29) is 0 Å². The summed E-state index contributed by atoms with van der Waals surface area (Å²) in [4.78, 5) is 29.7. The molecule has 4 rings (SSSR count). The van der Waals surface area contributed by atoms with Gasteiger partial charge < -0.3 is 21.4 Å². The van der Waals surface area contributed by atoms with Crippen molar-refractivity contribution in [3.05, 3.63) is 24.3 Å². The van der Waals surface area contributed by atoms with Crippen LogP contribution in [-0.2, 0) is 10.4 Å². The summed E-state index contributed by atoms with van der Waals surface area (Å²) in [5.41, 5.74) is 13.8. The first-order valence-corrected chi connectivity index (χ1v) is 8.50. The van der Waals surface area contributed by atoms with Gasteiger partial charge in [-0.1, -0.05) is 0 Å². The van der Waals surface area contributed by atoms with Crippen molar-refractivity contribution in [2.24, 2.45) is 0 Å². The molecule has 0 atom stereocenters. The fourth-order valence-corrected chi connectivity index (χ4v) is 1.94. The van der Waals surface area contributed by atoms with E-state index in [4.69, 9.17) is 29.0 Å². The average molecular weight is 396 g/mol. The van der Waals surface area contributed by atoms with Gasteiger partial charge in [-0.05, 0) is 13.8 Å². The molecule has 0 radical (unpaired) electrons. The van der Waals surface area contributed by atoms with E-state index in [1.807, 2.05) is 0 Å². The number of hydrogen-bond donors (Lipinski definition) is 6. The third-order valence-electron chi connectivity index (χ3n) is 2.85. The van der Waals surface area contributed by atoms with E-state index in [0.717, 1.165) is 0 Å². The van der Waals surface area contributed by atoms with Gasteiger partial charge in [-0.3, -0.25) is 9.11 Å². The Morgan fingerprint density at radius 3 is 1.48 bits per heavy atom. The summed E-state index contributed by atoms with van der Waals surface area (Å²) in [6.07, 6.45) is 3.10. The topological polar surface area (TPSA) is 236 Å². The number of fused-ring (bicyclic) bond motifs is 2. The molecule has 0 amide bonds. The third-order valence-corrected chi connectivity index (χ3v) is 2.85. The van der Waals surface area contributed by atoms with E-state index < -0.39 is 10.4 Å². The standard InChI is InChI=1S/2C6H7N5.H2O4S/c2*1-3-10-5(7)4-6(11-3)9-2-8-4;1-5(2,3)4/h2*2H,1H3,(H3,7,8,9,10,11);(H2,1,2,3,4). The zero-order valence-electron chi connectivity index (χ0n) is 14.1. The minimum absolute atomic E-state index is 0.449. The van der Waals surface area contributed by atoms with E-state index in [0.29, 0.717) is 45.6 Å². The van der Waals surface area contributed by atoms with Gasteiger partial charge in [-0.25, -0.2) is 29.9 Å². The van der Waals surface area contributed by atoms with Gasteiger partial charge in [-0.2, -0.15) is 8.42 Å². The molecule has 8 N–H and O–H groups in total. The number of aryl methyl sites for hydroxylation is 2. The molecule has 4 aromatic heterocycles. The van der Waals surface area contributed by atoms with Crippen molar-refractivity contribution >= 4 is 44.4 Å². The highest BCUT2D eigenvalue weighted by molar-refractivity contribution is 7.79. The number of aromatic nitrogens is 8. The minimum atomic E-state index is -4.67. The summed E-state index contributed by atoms with van der Waals surface area (Å²) in [5, 5.41) is 0. The van der Waals surface area contributed by atoms with Gasteiger partial charge >= 0.3 is 10.4 Å². The number of hydrogen-bond acceptors (Lipinski definition) is 10. The van der Waals surface area contributed by atoms with Crippen LogP contribution in [0.4, 0.5) is 11.6 Å². The molecule has 0 aliphatic heterocycles. The monoisotopic (exact) mass is 396 g/mol. The Morgan fingerprint density at radius 1 is 0.815 bits per heavy atom. The normalized spacial score (nSPS) is 10.8. The summed E-state index contributed by atoms with van der Waals surface area (Å²) >= 11 is 0. The zero-order chi connectivity index (χ0) is 20.2. The Balaban J connectivity index is 0.000000157. The van der Waals surface area contributed by atoms with Crippen LogP contribution >= 0.6 is 0 Å². The Morgan fingerprint density at radius 2 is 1.15 bits per heavy atom. The van der Waals surface area contributed by atoms with Crippen molar-refractivity contribution in [1.29, 1.82) is 0 Å². The fraction of sp³-hybridized carbons (Fsp3) is 0.167. The SMILES string of the molecule is Cc1nc(N)c2[nH]cnc2n1.Cc1nc(N)c2[nH]cnc2n1.O=S(=O)(O)O. The van der Waals surface area contributed by atoms with Crippen LogP contribution in [0.1, 0.15) is 11.6 Å². The number of H-pyrrole nitrogens is 2. The van der Waals surface area contributed by atoms with Gasteiger partial charge in [0.1, 0.15) is 22.7 Å². The molecule has 0 spiro atoms. The highest BCUT2D eigenvalue weighted by Gasteiger charge is 2.03.